The number of esters is 1. The van der Waals surface area contributed by atoms with Crippen LogP contribution in [0.15, 0.2) is 34.9 Å². The average Bonchev–Trinajstić information content (AvgIpc) is 2.95. The maximum Gasteiger partial charge on any atom is 0.344 e. The van der Waals surface area contributed by atoms with Gasteiger partial charge in [-0.15, -0.1) is 0 Å². The standard InChI is InChI=1S/C17H20N2O4/c1-5-14-15(11(2)23-18-14)17(21)22-12(3)16(20)19(4)13-9-7-6-8-10-13/h6-10,12H,5H2,1-4H3. The van der Waals surface area contributed by atoms with Crippen molar-refractivity contribution in [3.63, 3.8) is 0 Å². The highest BCUT2D eigenvalue weighted by molar-refractivity contribution is 5.99. The SMILES string of the molecule is CCc1noc(C)c1C(=O)OC(C)C(=O)N(C)c1ccccc1. The first kappa shape index (κ1) is 16.7. The zero-order valence-electron chi connectivity index (χ0n) is 13.7. The Balaban J connectivity index is 2.09. The molecule has 0 spiro atoms. The van der Waals surface area contributed by atoms with Crippen molar-refractivity contribution in [3.8, 4) is 0 Å². The van der Waals surface area contributed by atoms with Crippen LogP contribution in [-0.4, -0.2) is 30.2 Å². The molecule has 23 heavy (non-hydrogen) atoms. The van der Waals surface area contributed by atoms with Crippen molar-refractivity contribution >= 4 is 17.6 Å². The van der Waals surface area contributed by atoms with Crippen molar-refractivity contribution in [1.29, 1.82) is 0 Å². The minimum absolute atomic E-state index is 0.300. The van der Waals surface area contributed by atoms with Crippen LogP contribution in [0.3, 0.4) is 0 Å². The van der Waals surface area contributed by atoms with Crippen molar-refractivity contribution in [3.05, 3.63) is 47.3 Å². The summed E-state index contributed by atoms with van der Waals surface area (Å²) < 4.78 is 10.3. The van der Waals surface area contributed by atoms with Gasteiger partial charge < -0.3 is 14.2 Å². The maximum absolute atomic E-state index is 12.4. The molecule has 6 heteroatoms. The lowest BCUT2D eigenvalue weighted by Crippen LogP contribution is -2.37. The monoisotopic (exact) mass is 316 g/mol. The van der Waals surface area contributed by atoms with Crippen molar-refractivity contribution < 1.29 is 18.8 Å². The third kappa shape index (κ3) is 3.59. The van der Waals surface area contributed by atoms with E-state index < -0.39 is 12.1 Å². The van der Waals surface area contributed by atoms with Crippen LogP contribution in [0, 0.1) is 6.92 Å². The molecule has 2 aromatic rings. The van der Waals surface area contributed by atoms with E-state index in [1.54, 1.807) is 20.9 Å². The number of likely N-dealkylation sites (N-methyl/N-ethyl adjacent to an activating group) is 1. The van der Waals surface area contributed by atoms with Gasteiger partial charge in [-0.3, -0.25) is 4.79 Å². The topological polar surface area (TPSA) is 72.6 Å². The van der Waals surface area contributed by atoms with E-state index in [0.29, 0.717) is 23.4 Å². The van der Waals surface area contributed by atoms with Crippen LogP contribution in [-0.2, 0) is 16.0 Å². The first-order chi connectivity index (χ1) is 11.0. The average molecular weight is 316 g/mol. The largest absolute Gasteiger partial charge is 0.449 e. The molecule has 1 aromatic carbocycles. The maximum atomic E-state index is 12.4. The van der Waals surface area contributed by atoms with Gasteiger partial charge in [-0.1, -0.05) is 30.3 Å². The number of ether oxygens (including phenoxy) is 1. The van der Waals surface area contributed by atoms with Crippen molar-refractivity contribution in [2.24, 2.45) is 0 Å². The summed E-state index contributed by atoms with van der Waals surface area (Å²) in [6.45, 7) is 5.06. The highest BCUT2D eigenvalue weighted by Gasteiger charge is 2.27. The summed E-state index contributed by atoms with van der Waals surface area (Å²) >= 11 is 0. The Morgan fingerprint density at radius 1 is 1.30 bits per heavy atom. The van der Waals surface area contributed by atoms with E-state index in [2.05, 4.69) is 5.16 Å². The highest BCUT2D eigenvalue weighted by atomic mass is 16.5. The van der Waals surface area contributed by atoms with Crippen LogP contribution in [0.1, 0.15) is 35.7 Å². The fourth-order valence-electron chi connectivity index (χ4n) is 2.24. The van der Waals surface area contributed by atoms with E-state index in [0.717, 1.165) is 5.69 Å². The Morgan fingerprint density at radius 2 is 1.96 bits per heavy atom. The van der Waals surface area contributed by atoms with Crippen LogP contribution in [0.2, 0.25) is 0 Å². The number of hydrogen-bond donors (Lipinski definition) is 0. The fraction of sp³-hybridized carbons (Fsp3) is 0.353. The first-order valence-electron chi connectivity index (χ1n) is 7.44. The second-order valence-electron chi connectivity index (χ2n) is 5.19. The first-order valence-corrected chi connectivity index (χ1v) is 7.44. The lowest BCUT2D eigenvalue weighted by Gasteiger charge is -2.21. The van der Waals surface area contributed by atoms with Crippen LogP contribution in [0.4, 0.5) is 5.69 Å². The summed E-state index contributed by atoms with van der Waals surface area (Å²) in [6.07, 6.45) is -0.361. The van der Waals surface area contributed by atoms with E-state index in [1.165, 1.54) is 4.90 Å². The van der Waals surface area contributed by atoms with Gasteiger partial charge in [0.05, 0.1) is 5.69 Å². The third-order valence-corrected chi connectivity index (χ3v) is 3.58. The van der Waals surface area contributed by atoms with Gasteiger partial charge in [-0.25, -0.2) is 4.79 Å². The number of amides is 1. The van der Waals surface area contributed by atoms with Gasteiger partial charge in [-0.05, 0) is 32.4 Å². The van der Waals surface area contributed by atoms with Crippen LogP contribution in [0.25, 0.3) is 0 Å². The highest BCUT2D eigenvalue weighted by Crippen LogP contribution is 2.18. The number of benzene rings is 1. The molecule has 1 heterocycles. The molecule has 0 aliphatic rings. The van der Waals surface area contributed by atoms with Gasteiger partial charge >= 0.3 is 5.97 Å². The summed E-state index contributed by atoms with van der Waals surface area (Å²) in [5.74, 6) is -0.512. The molecule has 2 rings (SSSR count). The molecule has 0 fully saturated rings. The number of aromatic nitrogens is 1. The Morgan fingerprint density at radius 3 is 2.57 bits per heavy atom. The van der Waals surface area contributed by atoms with E-state index in [1.807, 2.05) is 37.3 Å². The molecule has 1 atom stereocenters. The van der Waals surface area contributed by atoms with E-state index in [4.69, 9.17) is 9.26 Å². The van der Waals surface area contributed by atoms with Gasteiger partial charge in [0.15, 0.2) is 6.10 Å². The summed E-state index contributed by atoms with van der Waals surface area (Å²) in [5, 5.41) is 3.82. The zero-order valence-corrected chi connectivity index (χ0v) is 13.7. The molecule has 0 saturated heterocycles. The number of rotatable bonds is 5. The summed E-state index contributed by atoms with van der Waals surface area (Å²) in [6, 6.07) is 9.16. The lowest BCUT2D eigenvalue weighted by atomic mass is 10.1. The smallest absolute Gasteiger partial charge is 0.344 e. The van der Waals surface area contributed by atoms with Crippen molar-refractivity contribution in [2.45, 2.75) is 33.3 Å². The molecular formula is C17H20N2O4. The Bertz CT molecular complexity index is 694. The predicted molar refractivity (Wildman–Crippen MR) is 85.3 cm³/mol. The number of nitrogens with zero attached hydrogens (tertiary/aromatic N) is 2. The van der Waals surface area contributed by atoms with Gasteiger partial charge in [-0.2, -0.15) is 0 Å². The number of carbonyl (C=O) groups is 2. The molecule has 0 saturated carbocycles. The number of para-hydroxylation sites is 1. The lowest BCUT2D eigenvalue weighted by molar-refractivity contribution is -0.126. The fourth-order valence-corrected chi connectivity index (χ4v) is 2.24. The second-order valence-corrected chi connectivity index (χ2v) is 5.19. The molecule has 0 N–H and O–H groups in total. The van der Waals surface area contributed by atoms with Gasteiger partial charge in [0.2, 0.25) is 0 Å². The van der Waals surface area contributed by atoms with Crippen LogP contribution < -0.4 is 4.90 Å². The van der Waals surface area contributed by atoms with Crippen molar-refractivity contribution in [2.75, 3.05) is 11.9 Å². The summed E-state index contributed by atoms with van der Waals surface area (Å²) in [7, 11) is 1.64. The molecule has 0 bridgehead atoms. The minimum Gasteiger partial charge on any atom is -0.449 e. The number of hydrogen-bond acceptors (Lipinski definition) is 5. The minimum atomic E-state index is -0.910. The summed E-state index contributed by atoms with van der Waals surface area (Å²) in [4.78, 5) is 26.1. The zero-order chi connectivity index (χ0) is 17.0. The molecule has 1 amide bonds. The van der Waals surface area contributed by atoms with E-state index >= 15 is 0 Å². The molecule has 0 aliphatic carbocycles. The van der Waals surface area contributed by atoms with E-state index in [-0.39, 0.29) is 5.91 Å². The van der Waals surface area contributed by atoms with Crippen LogP contribution in [0.5, 0.6) is 0 Å². The van der Waals surface area contributed by atoms with Gasteiger partial charge in [0.1, 0.15) is 11.3 Å². The molecule has 122 valence electrons. The second kappa shape index (κ2) is 7.09. The van der Waals surface area contributed by atoms with Crippen molar-refractivity contribution in [1.82, 2.24) is 5.16 Å². The quantitative estimate of drug-likeness (QED) is 0.793. The molecule has 1 aromatic heterocycles. The number of anilines is 1. The molecular weight excluding hydrogens is 296 g/mol. The third-order valence-electron chi connectivity index (χ3n) is 3.58. The number of aryl methyl sites for hydroxylation is 2. The predicted octanol–water partition coefficient (Wildman–Crippen LogP) is 2.75. The van der Waals surface area contributed by atoms with Gasteiger partial charge in [0, 0.05) is 12.7 Å². The number of carbonyl (C=O) groups excluding carboxylic acids is 2. The molecule has 0 aliphatic heterocycles. The Kier molecular flexibility index (Phi) is 5.16. The van der Waals surface area contributed by atoms with Crippen LogP contribution >= 0.6 is 0 Å². The molecule has 0 radical (unpaired) electrons. The molecule has 1 unspecified atom stereocenters. The summed E-state index contributed by atoms with van der Waals surface area (Å²) in [5.41, 5.74) is 1.56. The van der Waals surface area contributed by atoms with E-state index in [9.17, 15) is 9.59 Å². The van der Waals surface area contributed by atoms with Gasteiger partial charge in [0.25, 0.3) is 5.91 Å². The normalized spacial score (nSPS) is 11.8. The Labute approximate surface area is 135 Å². The molecule has 6 nitrogen and oxygen atoms in total. The Hall–Kier alpha value is -2.63.